The van der Waals surface area contributed by atoms with Crippen molar-refractivity contribution in [1.29, 1.82) is 0 Å². The molecule has 0 radical (unpaired) electrons. The Bertz CT molecular complexity index is 349. The molecule has 1 aromatic rings. The normalized spacial score (nSPS) is 29.3. The first-order valence-electron chi connectivity index (χ1n) is 5.70. The van der Waals surface area contributed by atoms with Crippen molar-refractivity contribution in [3.63, 3.8) is 0 Å². The highest BCUT2D eigenvalue weighted by atomic mass is 16.5. The minimum Gasteiger partial charge on any atom is -0.497 e. The van der Waals surface area contributed by atoms with E-state index in [2.05, 4.69) is 12.1 Å². The highest BCUT2D eigenvalue weighted by Gasteiger charge is 2.35. The fourth-order valence-corrected chi connectivity index (χ4v) is 2.46. The molecule has 1 aliphatic rings. The van der Waals surface area contributed by atoms with Crippen molar-refractivity contribution in [1.82, 2.24) is 0 Å². The minimum atomic E-state index is -0.370. The number of rotatable bonds is 3. The van der Waals surface area contributed by atoms with Gasteiger partial charge in [0, 0.05) is 5.54 Å². The van der Waals surface area contributed by atoms with Gasteiger partial charge in [-0.1, -0.05) is 12.1 Å². The predicted octanol–water partition coefficient (Wildman–Crippen LogP) is 1.65. The van der Waals surface area contributed by atoms with Gasteiger partial charge in [0.1, 0.15) is 5.75 Å². The second-order valence-corrected chi connectivity index (χ2v) is 4.73. The molecule has 0 amide bonds. The van der Waals surface area contributed by atoms with Gasteiger partial charge in [0.15, 0.2) is 0 Å². The third-order valence-electron chi connectivity index (χ3n) is 3.55. The number of nitrogens with two attached hydrogens (primary N) is 1. The molecule has 16 heavy (non-hydrogen) atoms. The zero-order valence-corrected chi connectivity index (χ0v) is 9.65. The molecule has 0 unspecified atom stereocenters. The van der Waals surface area contributed by atoms with Crippen LogP contribution in [0.2, 0.25) is 0 Å². The molecule has 0 spiro atoms. The lowest BCUT2D eigenvalue weighted by atomic mass is 9.94. The second-order valence-electron chi connectivity index (χ2n) is 4.73. The van der Waals surface area contributed by atoms with Crippen LogP contribution in [0.4, 0.5) is 0 Å². The molecule has 3 nitrogen and oxygen atoms in total. The first-order valence-corrected chi connectivity index (χ1v) is 5.70. The molecule has 88 valence electrons. The Morgan fingerprint density at radius 2 is 2.12 bits per heavy atom. The number of hydrogen-bond acceptors (Lipinski definition) is 3. The van der Waals surface area contributed by atoms with E-state index in [9.17, 15) is 5.11 Å². The summed E-state index contributed by atoms with van der Waals surface area (Å²) in [6, 6.07) is 8.13. The highest BCUT2D eigenvalue weighted by molar-refractivity contribution is 5.30. The molecular weight excluding hydrogens is 202 g/mol. The van der Waals surface area contributed by atoms with Crippen molar-refractivity contribution in [2.45, 2.75) is 30.7 Å². The summed E-state index contributed by atoms with van der Waals surface area (Å²) in [4.78, 5) is 0. The number of benzene rings is 1. The lowest BCUT2D eigenvalue weighted by Crippen LogP contribution is -2.40. The topological polar surface area (TPSA) is 55.5 Å². The molecule has 1 aliphatic carbocycles. The van der Waals surface area contributed by atoms with E-state index >= 15 is 0 Å². The van der Waals surface area contributed by atoms with Crippen molar-refractivity contribution in [3.05, 3.63) is 29.8 Å². The van der Waals surface area contributed by atoms with E-state index in [1.165, 1.54) is 5.56 Å². The maximum absolute atomic E-state index is 9.23. The predicted molar refractivity (Wildman–Crippen MR) is 63.6 cm³/mol. The maximum atomic E-state index is 9.23. The van der Waals surface area contributed by atoms with Crippen molar-refractivity contribution in [2.75, 3.05) is 13.7 Å². The van der Waals surface area contributed by atoms with Gasteiger partial charge in [-0.3, -0.25) is 0 Å². The van der Waals surface area contributed by atoms with E-state index in [4.69, 9.17) is 10.5 Å². The van der Waals surface area contributed by atoms with E-state index < -0.39 is 0 Å². The summed E-state index contributed by atoms with van der Waals surface area (Å²) in [5, 5.41) is 9.23. The third kappa shape index (κ3) is 2.20. The van der Waals surface area contributed by atoms with Crippen LogP contribution in [-0.2, 0) is 0 Å². The first-order chi connectivity index (χ1) is 7.67. The molecule has 0 bridgehead atoms. The van der Waals surface area contributed by atoms with E-state index in [1.807, 2.05) is 12.1 Å². The summed E-state index contributed by atoms with van der Waals surface area (Å²) in [5.74, 6) is 1.35. The smallest absolute Gasteiger partial charge is 0.118 e. The maximum Gasteiger partial charge on any atom is 0.118 e. The Morgan fingerprint density at radius 1 is 1.44 bits per heavy atom. The molecule has 0 saturated heterocycles. The Morgan fingerprint density at radius 3 is 2.62 bits per heavy atom. The van der Waals surface area contributed by atoms with Crippen LogP contribution in [0.5, 0.6) is 5.75 Å². The first kappa shape index (κ1) is 11.4. The molecule has 0 aliphatic heterocycles. The van der Waals surface area contributed by atoms with Crippen LogP contribution in [-0.4, -0.2) is 24.4 Å². The van der Waals surface area contributed by atoms with Crippen LogP contribution < -0.4 is 10.5 Å². The van der Waals surface area contributed by atoms with Crippen molar-refractivity contribution in [2.24, 2.45) is 5.73 Å². The standard InChI is InChI=1S/C13H19NO2/c1-16-12-4-2-10(3-5-12)11-6-7-13(14,8-11)9-15/h2-5,11,15H,6-9,14H2,1H3/t11-,13+/m1/s1. The number of hydrogen-bond donors (Lipinski definition) is 2. The Balaban J connectivity index is 2.08. The molecule has 2 atom stereocenters. The van der Waals surface area contributed by atoms with Crippen molar-refractivity contribution in [3.8, 4) is 5.75 Å². The monoisotopic (exact) mass is 221 g/mol. The van der Waals surface area contributed by atoms with Crippen LogP contribution in [0.1, 0.15) is 30.7 Å². The third-order valence-corrected chi connectivity index (χ3v) is 3.55. The average molecular weight is 221 g/mol. The fraction of sp³-hybridized carbons (Fsp3) is 0.538. The lowest BCUT2D eigenvalue weighted by Gasteiger charge is -2.20. The minimum absolute atomic E-state index is 0.0830. The molecule has 1 saturated carbocycles. The van der Waals surface area contributed by atoms with Gasteiger partial charge in [0.05, 0.1) is 13.7 Å². The summed E-state index contributed by atoms with van der Waals surface area (Å²) < 4.78 is 5.13. The van der Waals surface area contributed by atoms with Crippen LogP contribution in [0.3, 0.4) is 0 Å². The Kier molecular flexibility index (Phi) is 3.17. The summed E-state index contributed by atoms with van der Waals surface area (Å²) in [6.45, 7) is 0.0830. The van der Waals surface area contributed by atoms with Gasteiger partial charge in [-0.05, 0) is 42.9 Å². The van der Waals surface area contributed by atoms with E-state index in [-0.39, 0.29) is 12.1 Å². The Hall–Kier alpha value is -1.06. The molecule has 2 rings (SSSR count). The Labute approximate surface area is 96.2 Å². The van der Waals surface area contributed by atoms with Gasteiger partial charge in [0.25, 0.3) is 0 Å². The lowest BCUT2D eigenvalue weighted by molar-refractivity contribution is 0.198. The second kappa shape index (κ2) is 4.44. The van der Waals surface area contributed by atoms with Gasteiger partial charge in [-0.25, -0.2) is 0 Å². The van der Waals surface area contributed by atoms with Gasteiger partial charge in [0.2, 0.25) is 0 Å². The zero-order chi connectivity index (χ0) is 11.6. The summed E-state index contributed by atoms with van der Waals surface area (Å²) in [5.41, 5.74) is 6.99. The summed E-state index contributed by atoms with van der Waals surface area (Å²) >= 11 is 0. The fourth-order valence-electron chi connectivity index (χ4n) is 2.46. The van der Waals surface area contributed by atoms with E-state index in [0.29, 0.717) is 5.92 Å². The van der Waals surface area contributed by atoms with Gasteiger partial charge >= 0.3 is 0 Å². The average Bonchev–Trinajstić information content (AvgIpc) is 2.73. The largest absolute Gasteiger partial charge is 0.497 e. The SMILES string of the molecule is COc1ccc([C@@H]2CC[C@@](N)(CO)C2)cc1. The van der Waals surface area contributed by atoms with Crippen LogP contribution in [0.15, 0.2) is 24.3 Å². The van der Waals surface area contributed by atoms with Crippen LogP contribution >= 0.6 is 0 Å². The van der Waals surface area contributed by atoms with Gasteiger partial charge in [-0.15, -0.1) is 0 Å². The van der Waals surface area contributed by atoms with E-state index in [1.54, 1.807) is 7.11 Å². The molecule has 3 N–H and O–H groups in total. The number of aliphatic hydroxyl groups is 1. The van der Waals surface area contributed by atoms with Gasteiger partial charge in [-0.2, -0.15) is 0 Å². The van der Waals surface area contributed by atoms with Gasteiger partial charge < -0.3 is 15.6 Å². The van der Waals surface area contributed by atoms with Crippen LogP contribution in [0.25, 0.3) is 0 Å². The molecule has 0 heterocycles. The molecule has 3 heteroatoms. The zero-order valence-electron chi connectivity index (χ0n) is 9.65. The molecule has 0 aromatic heterocycles. The van der Waals surface area contributed by atoms with Crippen LogP contribution in [0, 0.1) is 0 Å². The number of methoxy groups -OCH3 is 1. The molecular formula is C13H19NO2. The number of aliphatic hydroxyl groups excluding tert-OH is 1. The van der Waals surface area contributed by atoms with E-state index in [0.717, 1.165) is 25.0 Å². The summed E-state index contributed by atoms with van der Waals surface area (Å²) in [6.07, 6.45) is 2.83. The van der Waals surface area contributed by atoms with Crippen molar-refractivity contribution >= 4 is 0 Å². The summed E-state index contributed by atoms with van der Waals surface area (Å²) in [7, 11) is 1.67. The molecule has 1 fully saturated rings. The van der Waals surface area contributed by atoms with Crippen molar-refractivity contribution < 1.29 is 9.84 Å². The highest BCUT2D eigenvalue weighted by Crippen LogP contribution is 2.39. The quantitative estimate of drug-likeness (QED) is 0.816. The number of ether oxygens (including phenoxy) is 1. The molecule has 1 aromatic carbocycles.